The van der Waals surface area contributed by atoms with Gasteiger partial charge in [0.25, 0.3) is 0 Å². The van der Waals surface area contributed by atoms with E-state index in [1.807, 2.05) is 29.0 Å². The molecule has 2 saturated heterocycles. The van der Waals surface area contributed by atoms with Gasteiger partial charge in [0.15, 0.2) is 5.65 Å². The first kappa shape index (κ1) is 19.2. The second-order valence-corrected chi connectivity index (χ2v) is 8.64. The van der Waals surface area contributed by atoms with Gasteiger partial charge in [0.1, 0.15) is 17.3 Å². The fourth-order valence-corrected chi connectivity index (χ4v) is 4.98. The standard InChI is InChI=1S/C25H27N7/c1-4-15-30(16-5-1)24-11-6-9-20(28-24)22-18-27-23-12-13-25(29-32(22)23)31-17-7-10-21(31)19-8-2-3-14-26-19/h2-3,6,8-9,11-14,18,21H,1,4-5,7,10,15-17H2. The Balaban J connectivity index is 1.36. The van der Waals surface area contributed by atoms with Crippen molar-refractivity contribution in [2.75, 3.05) is 29.4 Å². The lowest BCUT2D eigenvalue weighted by molar-refractivity contribution is 0.573. The highest BCUT2D eigenvalue weighted by Gasteiger charge is 2.28. The summed E-state index contributed by atoms with van der Waals surface area (Å²) in [5.74, 6) is 2.00. The van der Waals surface area contributed by atoms with Crippen LogP contribution in [0.4, 0.5) is 11.6 Å². The third-order valence-electron chi connectivity index (χ3n) is 6.60. The molecule has 0 aromatic carbocycles. The molecule has 1 unspecified atom stereocenters. The molecule has 32 heavy (non-hydrogen) atoms. The maximum Gasteiger partial charge on any atom is 0.154 e. The van der Waals surface area contributed by atoms with Crippen LogP contribution in [0.15, 0.2) is 60.9 Å². The molecule has 0 N–H and O–H groups in total. The molecule has 6 heterocycles. The molecule has 4 aromatic heterocycles. The van der Waals surface area contributed by atoms with Crippen molar-refractivity contribution in [3.8, 4) is 11.4 Å². The number of aromatic nitrogens is 5. The van der Waals surface area contributed by atoms with E-state index in [4.69, 9.17) is 10.1 Å². The van der Waals surface area contributed by atoms with Crippen molar-refractivity contribution in [2.45, 2.75) is 38.1 Å². The highest BCUT2D eigenvalue weighted by atomic mass is 15.4. The Labute approximate surface area is 187 Å². The van der Waals surface area contributed by atoms with Gasteiger partial charge in [-0.1, -0.05) is 12.1 Å². The Morgan fingerprint density at radius 3 is 2.59 bits per heavy atom. The zero-order chi connectivity index (χ0) is 21.3. The average Bonchev–Trinajstić information content (AvgIpc) is 3.52. The zero-order valence-corrected chi connectivity index (χ0v) is 18.1. The third-order valence-corrected chi connectivity index (χ3v) is 6.60. The minimum Gasteiger partial charge on any atom is -0.357 e. The number of imidazole rings is 1. The van der Waals surface area contributed by atoms with E-state index < -0.39 is 0 Å². The number of fused-ring (bicyclic) bond motifs is 1. The summed E-state index contributed by atoms with van der Waals surface area (Å²) in [6, 6.07) is 16.8. The molecule has 7 nitrogen and oxygen atoms in total. The number of hydrogen-bond acceptors (Lipinski definition) is 6. The summed E-state index contributed by atoms with van der Waals surface area (Å²) in [5.41, 5.74) is 3.78. The Morgan fingerprint density at radius 1 is 0.781 bits per heavy atom. The van der Waals surface area contributed by atoms with Gasteiger partial charge in [-0.05, 0) is 68.5 Å². The fraction of sp³-hybridized carbons (Fsp3) is 0.360. The van der Waals surface area contributed by atoms with Gasteiger partial charge in [0, 0.05) is 25.8 Å². The maximum atomic E-state index is 5.01. The number of hydrogen-bond donors (Lipinski definition) is 0. The van der Waals surface area contributed by atoms with Crippen molar-refractivity contribution < 1.29 is 0 Å². The molecular formula is C25H27N7. The van der Waals surface area contributed by atoms with Crippen LogP contribution >= 0.6 is 0 Å². The van der Waals surface area contributed by atoms with Gasteiger partial charge in [-0.2, -0.15) is 0 Å². The van der Waals surface area contributed by atoms with E-state index in [0.717, 1.165) is 66.8 Å². The van der Waals surface area contributed by atoms with Crippen LogP contribution in [0.1, 0.15) is 43.8 Å². The number of anilines is 2. The van der Waals surface area contributed by atoms with E-state index in [1.54, 1.807) is 0 Å². The van der Waals surface area contributed by atoms with Crippen LogP contribution in [0, 0.1) is 0 Å². The molecule has 0 spiro atoms. The van der Waals surface area contributed by atoms with Gasteiger partial charge in [0.2, 0.25) is 0 Å². The van der Waals surface area contributed by atoms with Crippen LogP contribution in [0.5, 0.6) is 0 Å². The highest BCUT2D eigenvalue weighted by Crippen LogP contribution is 2.34. The van der Waals surface area contributed by atoms with Gasteiger partial charge < -0.3 is 9.80 Å². The van der Waals surface area contributed by atoms with E-state index >= 15 is 0 Å². The van der Waals surface area contributed by atoms with Gasteiger partial charge in [-0.15, -0.1) is 5.10 Å². The smallest absolute Gasteiger partial charge is 0.154 e. The number of pyridine rings is 2. The monoisotopic (exact) mass is 425 g/mol. The molecule has 4 aromatic rings. The summed E-state index contributed by atoms with van der Waals surface area (Å²) in [5, 5.41) is 5.01. The molecule has 1 atom stereocenters. The van der Waals surface area contributed by atoms with E-state index in [2.05, 4.69) is 56.2 Å². The Morgan fingerprint density at radius 2 is 1.72 bits per heavy atom. The molecule has 2 aliphatic rings. The maximum absolute atomic E-state index is 5.01. The van der Waals surface area contributed by atoms with E-state index in [9.17, 15) is 0 Å². The first-order valence-corrected chi connectivity index (χ1v) is 11.6. The summed E-state index contributed by atoms with van der Waals surface area (Å²) in [6.45, 7) is 3.14. The summed E-state index contributed by atoms with van der Waals surface area (Å²) >= 11 is 0. The highest BCUT2D eigenvalue weighted by molar-refractivity contribution is 5.62. The largest absolute Gasteiger partial charge is 0.357 e. The molecule has 0 saturated carbocycles. The molecule has 0 radical (unpaired) electrons. The van der Waals surface area contributed by atoms with Gasteiger partial charge in [0.05, 0.1) is 23.6 Å². The Bertz CT molecular complexity index is 1210. The second kappa shape index (κ2) is 8.22. The van der Waals surface area contributed by atoms with Crippen LogP contribution in [0.3, 0.4) is 0 Å². The number of rotatable bonds is 4. The minimum atomic E-state index is 0.258. The average molecular weight is 426 g/mol. The minimum absolute atomic E-state index is 0.258. The quantitative estimate of drug-likeness (QED) is 0.479. The predicted molar refractivity (Wildman–Crippen MR) is 126 cm³/mol. The summed E-state index contributed by atoms with van der Waals surface area (Å²) in [6.07, 6.45) is 9.77. The molecular weight excluding hydrogens is 398 g/mol. The third kappa shape index (κ3) is 3.47. The number of piperidine rings is 1. The first-order valence-electron chi connectivity index (χ1n) is 11.6. The molecule has 7 heteroatoms. The van der Waals surface area contributed by atoms with E-state index in [0.29, 0.717) is 0 Å². The Kier molecular flexibility index (Phi) is 4.94. The van der Waals surface area contributed by atoms with Gasteiger partial charge >= 0.3 is 0 Å². The lowest BCUT2D eigenvalue weighted by atomic mass is 10.1. The lowest BCUT2D eigenvalue weighted by Gasteiger charge is -2.28. The van der Waals surface area contributed by atoms with Crippen LogP contribution in [0.25, 0.3) is 17.0 Å². The van der Waals surface area contributed by atoms with Crippen molar-refractivity contribution in [3.63, 3.8) is 0 Å². The number of nitrogens with zero attached hydrogens (tertiary/aromatic N) is 7. The van der Waals surface area contributed by atoms with Crippen molar-refractivity contribution in [1.82, 2.24) is 24.6 Å². The van der Waals surface area contributed by atoms with Crippen molar-refractivity contribution in [1.29, 1.82) is 0 Å². The molecule has 2 fully saturated rings. The van der Waals surface area contributed by atoms with E-state index in [1.165, 1.54) is 19.3 Å². The lowest BCUT2D eigenvalue weighted by Crippen LogP contribution is -2.30. The van der Waals surface area contributed by atoms with Crippen LogP contribution in [-0.4, -0.2) is 44.2 Å². The van der Waals surface area contributed by atoms with Crippen molar-refractivity contribution in [2.24, 2.45) is 0 Å². The molecule has 0 aliphatic carbocycles. The summed E-state index contributed by atoms with van der Waals surface area (Å²) < 4.78 is 1.94. The summed E-state index contributed by atoms with van der Waals surface area (Å²) in [4.78, 5) is 18.9. The predicted octanol–water partition coefficient (Wildman–Crippen LogP) is 4.52. The molecule has 6 rings (SSSR count). The van der Waals surface area contributed by atoms with Crippen molar-refractivity contribution in [3.05, 3.63) is 66.6 Å². The Hall–Kier alpha value is -3.48. The van der Waals surface area contributed by atoms with Crippen LogP contribution in [-0.2, 0) is 0 Å². The first-order chi connectivity index (χ1) is 15.9. The normalized spacial score (nSPS) is 19.1. The van der Waals surface area contributed by atoms with E-state index in [-0.39, 0.29) is 6.04 Å². The van der Waals surface area contributed by atoms with Crippen molar-refractivity contribution >= 4 is 17.3 Å². The van der Waals surface area contributed by atoms with Gasteiger partial charge in [-0.25, -0.2) is 14.5 Å². The second-order valence-electron chi connectivity index (χ2n) is 8.64. The SMILES string of the molecule is c1ccc(C2CCCN2c2ccc3ncc(-c4cccc(N5CCCCC5)n4)n3n2)nc1. The van der Waals surface area contributed by atoms with Crippen LogP contribution in [0.2, 0.25) is 0 Å². The fourth-order valence-electron chi connectivity index (χ4n) is 4.98. The van der Waals surface area contributed by atoms with Gasteiger partial charge in [-0.3, -0.25) is 4.98 Å². The molecule has 162 valence electrons. The summed E-state index contributed by atoms with van der Waals surface area (Å²) in [7, 11) is 0. The molecule has 0 bridgehead atoms. The molecule has 2 aliphatic heterocycles. The topological polar surface area (TPSA) is 62.5 Å². The molecule has 0 amide bonds. The zero-order valence-electron chi connectivity index (χ0n) is 18.1. The van der Waals surface area contributed by atoms with Crippen LogP contribution < -0.4 is 9.80 Å².